The summed E-state index contributed by atoms with van der Waals surface area (Å²) in [6.07, 6.45) is 5.91. The lowest BCUT2D eigenvalue weighted by molar-refractivity contribution is -0.131. The minimum atomic E-state index is -1.01. The third kappa shape index (κ3) is 4.30. The number of carboxylic acid groups (broad SMARTS) is 1. The number of hydrogen-bond donors (Lipinski definition) is 1. The summed E-state index contributed by atoms with van der Waals surface area (Å²) in [5.41, 5.74) is 0.616. The molecule has 0 amide bonds. The Labute approximate surface area is 98.8 Å². The molecule has 1 aromatic heterocycles. The normalized spacial score (nSPS) is 10.1. The number of aliphatic carboxylic acids is 1. The number of anilines is 1. The lowest BCUT2D eigenvalue weighted by atomic mass is 10.3. The number of nitriles is 1. The molecule has 0 atom stereocenters. The van der Waals surface area contributed by atoms with Crippen molar-refractivity contribution < 1.29 is 9.90 Å². The Morgan fingerprint density at radius 1 is 1.59 bits per heavy atom. The van der Waals surface area contributed by atoms with Crippen LogP contribution in [0.1, 0.15) is 12.0 Å². The van der Waals surface area contributed by atoms with Crippen LogP contribution in [0.2, 0.25) is 0 Å². The molecule has 0 aliphatic carbocycles. The molecule has 0 aromatic carbocycles. The van der Waals surface area contributed by atoms with Crippen molar-refractivity contribution in [2.24, 2.45) is 0 Å². The van der Waals surface area contributed by atoms with Gasteiger partial charge in [0.15, 0.2) is 0 Å². The number of carboxylic acids is 1. The monoisotopic (exact) mass is 232 g/mol. The molecular formula is C11H12N4O2. The number of rotatable bonds is 5. The molecule has 1 N–H and O–H groups in total. The second kappa shape index (κ2) is 6.23. The van der Waals surface area contributed by atoms with Gasteiger partial charge in [-0.05, 0) is 6.08 Å². The van der Waals surface area contributed by atoms with Crippen LogP contribution < -0.4 is 4.90 Å². The summed E-state index contributed by atoms with van der Waals surface area (Å²) < 4.78 is 0. The molecule has 6 heteroatoms. The van der Waals surface area contributed by atoms with E-state index in [0.29, 0.717) is 24.5 Å². The zero-order chi connectivity index (χ0) is 12.7. The molecule has 0 spiro atoms. The minimum absolute atomic E-state index is 0.403. The van der Waals surface area contributed by atoms with Crippen LogP contribution in [0.4, 0.5) is 5.95 Å². The maximum atomic E-state index is 10.3. The van der Waals surface area contributed by atoms with Gasteiger partial charge >= 0.3 is 5.97 Å². The minimum Gasteiger partial charge on any atom is -0.478 e. The quantitative estimate of drug-likeness (QED) is 0.759. The molecular weight excluding hydrogens is 220 g/mol. The van der Waals surface area contributed by atoms with E-state index in [9.17, 15) is 4.79 Å². The third-order valence-corrected chi connectivity index (χ3v) is 1.98. The number of carbonyl (C=O) groups is 1. The van der Waals surface area contributed by atoms with Gasteiger partial charge in [0.25, 0.3) is 0 Å². The summed E-state index contributed by atoms with van der Waals surface area (Å²) in [4.78, 5) is 20.2. The largest absolute Gasteiger partial charge is 0.478 e. The van der Waals surface area contributed by atoms with Gasteiger partial charge in [-0.2, -0.15) is 5.26 Å². The molecule has 0 bridgehead atoms. The van der Waals surface area contributed by atoms with Gasteiger partial charge < -0.3 is 10.0 Å². The summed E-state index contributed by atoms with van der Waals surface area (Å²) in [5, 5.41) is 16.9. The van der Waals surface area contributed by atoms with Crippen LogP contribution in [0.25, 0.3) is 6.08 Å². The van der Waals surface area contributed by atoms with E-state index in [4.69, 9.17) is 10.4 Å². The second-order valence-corrected chi connectivity index (χ2v) is 3.32. The van der Waals surface area contributed by atoms with Crippen LogP contribution in [0, 0.1) is 11.3 Å². The molecule has 0 aliphatic heterocycles. The fourth-order valence-electron chi connectivity index (χ4n) is 1.10. The summed E-state index contributed by atoms with van der Waals surface area (Å²) in [5.74, 6) is -0.507. The average Bonchev–Trinajstić information content (AvgIpc) is 2.34. The lowest BCUT2D eigenvalue weighted by Gasteiger charge is -2.14. The van der Waals surface area contributed by atoms with E-state index < -0.39 is 5.97 Å². The van der Waals surface area contributed by atoms with Crippen LogP contribution in [-0.4, -0.2) is 34.6 Å². The van der Waals surface area contributed by atoms with Crippen molar-refractivity contribution in [2.45, 2.75) is 6.42 Å². The summed E-state index contributed by atoms with van der Waals surface area (Å²) in [7, 11) is 1.79. The van der Waals surface area contributed by atoms with Crippen LogP contribution in [0.3, 0.4) is 0 Å². The van der Waals surface area contributed by atoms with Crippen molar-refractivity contribution in [1.29, 1.82) is 5.26 Å². The van der Waals surface area contributed by atoms with Crippen molar-refractivity contribution in [3.05, 3.63) is 24.0 Å². The first-order valence-electron chi connectivity index (χ1n) is 4.94. The van der Waals surface area contributed by atoms with E-state index in [2.05, 4.69) is 9.97 Å². The molecule has 0 unspecified atom stereocenters. The first-order chi connectivity index (χ1) is 8.13. The molecule has 0 saturated carbocycles. The molecule has 0 saturated heterocycles. The van der Waals surface area contributed by atoms with Gasteiger partial charge in [-0.3, -0.25) is 0 Å². The highest BCUT2D eigenvalue weighted by atomic mass is 16.4. The fraction of sp³-hybridized carbons (Fsp3) is 0.273. The van der Waals surface area contributed by atoms with Gasteiger partial charge in [0.1, 0.15) is 0 Å². The lowest BCUT2D eigenvalue weighted by Crippen LogP contribution is -2.20. The number of aromatic nitrogens is 2. The molecule has 17 heavy (non-hydrogen) atoms. The van der Waals surface area contributed by atoms with Crippen LogP contribution in [-0.2, 0) is 4.79 Å². The van der Waals surface area contributed by atoms with Crippen molar-refractivity contribution in [3.63, 3.8) is 0 Å². The maximum absolute atomic E-state index is 10.3. The Morgan fingerprint density at radius 2 is 2.24 bits per heavy atom. The molecule has 1 aromatic rings. The predicted molar refractivity (Wildman–Crippen MR) is 62.2 cm³/mol. The van der Waals surface area contributed by atoms with Gasteiger partial charge in [-0.15, -0.1) is 0 Å². The van der Waals surface area contributed by atoms with E-state index in [1.807, 2.05) is 6.07 Å². The topological polar surface area (TPSA) is 90.1 Å². The molecule has 1 rings (SSSR count). The van der Waals surface area contributed by atoms with E-state index in [1.54, 1.807) is 11.9 Å². The van der Waals surface area contributed by atoms with Crippen molar-refractivity contribution in [3.8, 4) is 6.07 Å². The molecule has 0 radical (unpaired) electrons. The van der Waals surface area contributed by atoms with Crippen molar-refractivity contribution in [2.75, 3.05) is 18.5 Å². The smallest absolute Gasteiger partial charge is 0.328 e. The maximum Gasteiger partial charge on any atom is 0.328 e. The van der Waals surface area contributed by atoms with E-state index in [-0.39, 0.29) is 0 Å². The first kappa shape index (κ1) is 12.6. The predicted octanol–water partition coefficient (Wildman–Crippen LogP) is 0.924. The second-order valence-electron chi connectivity index (χ2n) is 3.32. The van der Waals surface area contributed by atoms with E-state index >= 15 is 0 Å². The number of hydrogen-bond acceptors (Lipinski definition) is 5. The highest BCUT2D eigenvalue weighted by Gasteiger charge is 2.02. The zero-order valence-electron chi connectivity index (χ0n) is 9.37. The standard InChI is InChI=1S/C11H12N4O2/c1-15(6-2-5-12)11-13-7-9(8-14-11)3-4-10(16)17/h3-4,7-8H,2,6H2,1H3,(H,16,17)/b4-3+. The molecule has 1 heterocycles. The fourth-order valence-corrected chi connectivity index (χ4v) is 1.10. The van der Waals surface area contributed by atoms with Crippen LogP contribution in [0.5, 0.6) is 0 Å². The SMILES string of the molecule is CN(CCC#N)c1ncc(/C=C/C(=O)O)cn1. The van der Waals surface area contributed by atoms with Gasteiger partial charge in [0.05, 0.1) is 12.5 Å². The average molecular weight is 232 g/mol. The highest BCUT2D eigenvalue weighted by Crippen LogP contribution is 2.06. The number of nitrogens with zero attached hydrogens (tertiary/aromatic N) is 4. The molecule has 0 aliphatic rings. The first-order valence-corrected chi connectivity index (χ1v) is 4.94. The van der Waals surface area contributed by atoms with Gasteiger partial charge in [-0.1, -0.05) is 0 Å². The Bertz CT molecular complexity index is 448. The van der Waals surface area contributed by atoms with Crippen LogP contribution >= 0.6 is 0 Å². The van der Waals surface area contributed by atoms with Gasteiger partial charge in [0, 0.05) is 37.6 Å². The van der Waals surface area contributed by atoms with Crippen LogP contribution in [0.15, 0.2) is 18.5 Å². The summed E-state index contributed by atoms with van der Waals surface area (Å²) in [6.45, 7) is 0.556. The zero-order valence-corrected chi connectivity index (χ0v) is 9.37. The molecule has 0 fully saturated rings. The van der Waals surface area contributed by atoms with Gasteiger partial charge in [0.2, 0.25) is 5.95 Å². The van der Waals surface area contributed by atoms with Crippen molar-refractivity contribution >= 4 is 18.0 Å². The summed E-state index contributed by atoms with van der Waals surface area (Å²) in [6, 6.07) is 2.04. The van der Waals surface area contributed by atoms with Crippen molar-refractivity contribution in [1.82, 2.24) is 9.97 Å². The Hall–Kier alpha value is -2.42. The van der Waals surface area contributed by atoms with E-state index in [0.717, 1.165) is 6.08 Å². The third-order valence-electron chi connectivity index (χ3n) is 1.98. The highest BCUT2D eigenvalue weighted by molar-refractivity contribution is 5.85. The Kier molecular flexibility index (Phi) is 4.63. The molecule has 6 nitrogen and oxygen atoms in total. The van der Waals surface area contributed by atoms with E-state index in [1.165, 1.54) is 18.5 Å². The van der Waals surface area contributed by atoms with Gasteiger partial charge in [-0.25, -0.2) is 14.8 Å². The summed E-state index contributed by atoms with van der Waals surface area (Å²) >= 11 is 0. The Morgan fingerprint density at radius 3 is 2.76 bits per heavy atom. The molecule has 88 valence electrons. The Balaban J connectivity index is 2.68.